The van der Waals surface area contributed by atoms with Gasteiger partial charge in [-0.3, -0.25) is 14.9 Å². The second-order valence-corrected chi connectivity index (χ2v) is 5.76. The molecule has 0 unspecified atom stereocenters. The van der Waals surface area contributed by atoms with Gasteiger partial charge in [0, 0.05) is 24.2 Å². The second kappa shape index (κ2) is 5.81. The molecule has 2 aromatic carbocycles. The fraction of sp³-hybridized carbons (Fsp3) is 0.167. The molecule has 0 aliphatic carbocycles. The Labute approximate surface area is 138 Å². The van der Waals surface area contributed by atoms with E-state index in [1.807, 2.05) is 30.3 Å². The van der Waals surface area contributed by atoms with Gasteiger partial charge >= 0.3 is 0 Å². The summed E-state index contributed by atoms with van der Waals surface area (Å²) >= 11 is 0. The first-order chi connectivity index (χ1) is 11.7. The van der Waals surface area contributed by atoms with Crippen LogP contribution in [0.4, 0.5) is 11.6 Å². The van der Waals surface area contributed by atoms with E-state index in [0.717, 1.165) is 23.1 Å². The summed E-state index contributed by atoms with van der Waals surface area (Å²) in [6, 6.07) is 14.7. The summed E-state index contributed by atoms with van der Waals surface area (Å²) in [5, 5.41) is 2.77. The van der Waals surface area contributed by atoms with E-state index < -0.39 is 0 Å². The molecule has 2 N–H and O–H groups in total. The van der Waals surface area contributed by atoms with E-state index in [1.165, 1.54) is 0 Å². The van der Waals surface area contributed by atoms with Gasteiger partial charge in [-0.05, 0) is 36.8 Å². The van der Waals surface area contributed by atoms with Crippen molar-refractivity contribution in [3.8, 4) is 0 Å². The highest BCUT2D eigenvalue weighted by Crippen LogP contribution is 2.22. The molecule has 0 atom stereocenters. The third-order valence-corrected chi connectivity index (χ3v) is 4.11. The lowest BCUT2D eigenvalue weighted by Gasteiger charge is -2.16. The van der Waals surface area contributed by atoms with Gasteiger partial charge in [0.05, 0.1) is 11.0 Å². The second-order valence-electron chi connectivity index (χ2n) is 5.76. The van der Waals surface area contributed by atoms with E-state index in [0.29, 0.717) is 24.5 Å². The summed E-state index contributed by atoms with van der Waals surface area (Å²) in [6.45, 7) is 0.702. The van der Waals surface area contributed by atoms with Crippen LogP contribution in [0, 0.1) is 0 Å². The lowest BCUT2D eigenvalue weighted by molar-refractivity contribution is -0.117. The summed E-state index contributed by atoms with van der Waals surface area (Å²) in [5.41, 5.74) is 2.91. The van der Waals surface area contributed by atoms with Crippen LogP contribution in [0.1, 0.15) is 23.2 Å². The Hall–Kier alpha value is -3.15. The number of fused-ring (bicyclic) bond motifs is 1. The van der Waals surface area contributed by atoms with Crippen molar-refractivity contribution in [1.82, 2.24) is 9.97 Å². The highest BCUT2D eigenvalue weighted by molar-refractivity contribution is 6.05. The highest BCUT2D eigenvalue weighted by atomic mass is 16.2. The smallest absolute Gasteiger partial charge is 0.258 e. The first-order valence-corrected chi connectivity index (χ1v) is 7.87. The Kier molecular flexibility index (Phi) is 3.49. The van der Waals surface area contributed by atoms with Gasteiger partial charge in [-0.25, -0.2) is 4.98 Å². The number of benzene rings is 2. The number of rotatable bonds is 3. The third-order valence-electron chi connectivity index (χ3n) is 4.11. The van der Waals surface area contributed by atoms with Gasteiger partial charge in [-0.2, -0.15) is 0 Å². The lowest BCUT2D eigenvalue weighted by atomic mass is 10.2. The minimum Gasteiger partial charge on any atom is -0.324 e. The van der Waals surface area contributed by atoms with Crippen molar-refractivity contribution in [3.05, 3.63) is 54.1 Å². The molecule has 0 bridgehead atoms. The van der Waals surface area contributed by atoms with Crippen LogP contribution in [0.2, 0.25) is 0 Å². The van der Waals surface area contributed by atoms with Gasteiger partial charge in [0.15, 0.2) is 0 Å². The monoisotopic (exact) mass is 320 g/mol. The maximum Gasteiger partial charge on any atom is 0.258 e. The number of imidazole rings is 1. The van der Waals surface area contributed by atoms with Crippen LogP contribution in [0.5, 0.6) is 0 Å². The van der Waals surface area contributed by atoms with Crippen molar-refractivity contribution in [2.75, 3.05) is 16.8 Å². The zero-order valence-electron chi connectivity index (χ0n) is 13.0. The lowest BCUT2D eigenvalue weighted by Crippen LogP contribution is -2.24. The van der Waals surface area contributed by atoms with E-state index in [-0.39, 0.29) is 11.8 Å². The normalized spacial score (nSPS) is 14.3. The fourth-order valence-corrected chi connectivity index (χ4v) is 2.93. The first kappa shape index (κ1) is 14.4. The molecule has 1 aliphatic heterocycles. The van der Waals surface area contributed by atoms with Crippen LogP contribution in [0.15, 0.2) is 48.5 Å². The van der Waals surface area contributed by atoms with E-state index in [1.54, 1.807) is 23.1 Å². The SMILES string of the molecule is O=C(Nc1nc2ccccc2[nH]1)c1cccc(N2CCCC2=O)c1. The molecule has 2 heterocycles. The molecule has 24 heavy (non-hydrogen) atoms. The van der Waals surface area contributed by atoms with Gasteiger partial charge in [0.25, 0.3) is 5.91 Å². The van der Waals surface area contributed by atoms with Crippen LogP contribution in [-0.2, 0) is 4.79 Å². The van der Waals surface area contributed by atoms with Gasteiger partial charge in [0.2, 0.25) is 11.9 Å². The predicted molar refractivity (Wildman–Crippen MR) is 92.1 cm³/mol. The number of carbonyl (C=O) groups is 2. The summed E-state index contributed by atoms with van der Waals surface area (Å²) < 4.78 is 0. The minimum absolute atomic E-state index is 0.102. The van der Waals surface area contributed by atoms with Crippen LogP contribution in [-0.4, -0.2) is 28.3 Å². The largest absolute Gasteiger partial charge is 0.324 e. The Balaban J connectivity index is 1.56. The van der Waals surface area contributed by atoms with Crippen LogP contribution in [0.25, 0.3) is 11.0 Å². The number of carbonyl (C=O) groups excluding carboxylic acids is 2. The van der Waals surface area contributed by atoms with E-state index in [9.17, 15) is 9.59 Å². The number of anilines is 2. The summed E-state index contributed by atoms with van der Waals surface area (Å²) in [6.07, 6.45) is 1.42. The summed E-state index contributed by atoms with van der Waals surface area (Å²) in [7, 11) is 0. The van der Waals surface area contributed by atoms with Crippen molar-refractivity contribution in [2.24, 2.45) is 0 Å². The number of para-hydroxylation sites is 2. The molecule has 1 fully saturated rings. The maximum atomic E-state index is 12.5. The van der Waals surface area contributed by atoms with E-state index in [4.69, 9.17) is 0 Å². The quantitative estimate of drug-likeness (QED) is 0.779. The Bertz CT molecular complexity index is 898. The fourth-order valence-electron chi connectivity index (χ4n) is 2.93. The zero-order chi connectivity index (χ0) is 16.5. The van der Waals surface area contributed by atoms with Crippen LogP contribution in [0.3, 0.4) is 0 Å². The third kappa shape index (κ3) is 2.62. The number of amides is 2. The van der Waals surface area contributed by atoms with Crippen molar-refractivity contribution in [2.45, 2.75) is 12.8 Å². The van der Waals surface area contributed by atoms with Crippen LogP contribution < -0.4 is 10.2 Å². The molecule has 2 amide bonds. The summed E-state index contributed by atoms with van der Waals surface area (Å²) in [5.74, 6) is 0.247. The number of H-pyrrole nitrogens is 1. The molecule has 6 nitrogen and oxygen atoms in total. The van der Waals surface area contributed by atoms with Crippen LogP contribution >= 0.6 is 0 Å². The molecule has 1 saturated heterocycles. The molecule has 0 spiro atoms. The van der Waals surface area contributed by atoms with Crippen molar-refractivity contribution < 1.29 is 9.59 Å². The predicted octanol–water partition coefficient (Wildman–Crippen LogP) is 2.94. The van der Waals surface area contributed by atoms with Gasteiger partial charge in [-0.1, -0.05) is 18.2 Å². The Morgan fingerprint density at radius 1 is 1.17 bits per heavy atom. The number of nitrogens with one attached hydrogen (secondary N) is 2. The van der Waals surface area contributed by atoms with Crippen molar-refractivity contribution in [1.29, 1.82) is 0 Å². The zero-order valence-corrected chi connectivity index (χ0v) is 13.0. The molecule has 120 valence electrons. The molecule has 1 aliphatic rings. The van der Waals surface area contributed by atoms with Crippen molar-refractivity contribution >= 4 is 34.5 Å². The van der Waals surface area contributed by atoms with Gasteiger partial charge in [0.1, 0.15) is 0 Å². The molecule has 3 aromatic rings. The minimum atomic E-state index is -0.262. The number of hydrogen-bond donors (Lipinski definition) is 2. The number of hydrogen-bond acceptors (Lipinski definition) is 3. The molecule has 1 aromatic heterocycles. The Morgan fingerprint density at radius 2 is 2.04 bits per heavy atom. The van der Waals surface area contributed by atoms with Gasteiger partial charge in [-0.15, -0.1) is 0 Å². The average molecular weight is 320 g/mol. The molecule has 4 rings (SSSR count). The highest BCUT2D eigenvalue weighted by Gasteiger charge is 2.22. The Morgan fingerprint density at radius 3 is 2.83 bits per heavy atom. The molecule has 6 heteroatoms. The summed E-state index contributed by atoms with van der Waals surface area (Å²) in [4.78, 5) is 33.4. The molecular weight excluding hydrogens is 304 g/mol. The van der Waals surface area contributed by atoms with E-state index in [2.05, 4.69) is 15.3 Å². The standard InChI is InChI=1S/C18H16N4O2/c23-16-9-4-10-22(16)13-6-3-5-12(11-13)17(24)21-18-19-14-7-1-2-8-15(14)20-18/h1-3,5-8,11H,4,9-10H2,(H2,19,20,21,24). The number of nitrogens with zero attached hydrogens (tertiary/aromatic N) is 2. The molecule has 0 saturated carbocycles. The maximum absolute atomic E-state index is 12.5. The topological polar surface area (TPSA) is 78.1 Å². The van der Waals surface area contributed by atoms with Gasteiger partial charge < -0.3 is 9.88 Å². The average Bonchev–Trinajstić information content (AvgIpc) is 3.20. The molecular formula is C18H16N4O2. The molecule has 0 radical (unpaired) electrons. The van der Waals surface area contributed by atoms with Crippen molar-refractivity contribution in [3.63, 3.8) is 0 Å². The first-order valence-electron chi connectivity index (χ1n) is 7.87. The number of aromatic nitrogens is 2. The number of aromatic amines is 1. The van der Waals surface area contributed by atoms with E-state index >= 15 is 0 Å².